The first-order chi connectivity index (χ1) is 8.31. The number of aromatic nitrogens is 2. The van der Waals surface area contributed by atoms with Crippen LogP contribution < -0.4 is 5.32 Å². The van der Waals surface area contributed by atoms with Crippen molar-refractivity contribution in [2.45, 2.75) is 0 Å². The van der Waals surface area contributed by atoms with Gasteiger partial charge in [0.05, 0.1) is 5.69 Å². The van der Waals surface area contributed by atoms with Gasteiger partial charge in [-0.1, -0.05) is 36.4 Å². The first-order valence-electron chi connectivity index (χ1n) is 5.31. The second-order valence-corrected chi connectivity index (χ2v) is 3.53. The fourth-order valence-electron chi connectivity index (χ4n) is 1.45. The normalized spacial score (nSPS) is 9.88. The van der Waals surface area contributed by atoms with E-state index in [0.29, 0.717) is 12.2 Å². The summed E-state index contributed by atoms with van der Waals surface area (Å²) < 4.78 is 0. The minimum absolute atomic E-state index is 0.181. The number of carbonyl (C=O) groups excluding carboxylic acids is 1. The van der Waals surface area contributed by atoms with Crippen LogP contribution in [-0.4, -0.2) is 22.6 Å². The van der Waals surface area contributed by atoms with Crippen molar-refractivity contribution in [1.29, 1.82) is 0 Å². The van der Waals surface area contributed by atoms with E-state index >= 15 is 0 Å². The molecule has 1 aromatic carbocycles. The zero-order chi connectivity index (χ0) is 12.1. The molecule has 0 saturated carbocycles. The second kappa shape index (κ2) is 5.12. The van der Waals surface area contributed by atoms with Gasteiger partial charge in [-0.3, -0.25) is 9.89 Å². The van der Waals surface area contributed by atoms with Crippen LogP contribution in [0.3, 0.4) is 0 Å². The van der Waals surface area contributed by atoms with Crippen molar-refractivity contribution >= 4 is 5.91 Å². The summed E-state index contributed by atoms with van der Waals surface area (Å²) in [5, 5.41) is 9.51. The largest absolute Gasteiger partial charge is 0.347 e. The average Bonchev–Trinajstić information content (AvgIpc) is 2.86. The van der Waals surface area contributed by atoms with Crippen molar-refractivity contribution in [2.24, 2.45) is 0 Å². The number of amides is 1. The van der Waals surface area contributed by atoms with Crippen molar-refractivity contribution in [3.05, 3.63) is 54.7 Å². The van der Waals surface area contributed by atoms with Gasteiger partial charge in [0.15, 0.2) is 0 Å². The van der Waals surface area contributed by atoms with E-state index in [1.54, 1.807) is 12.1 Å². The molecule has 4 nitrogen and oxygen atoms in total. The van der Waals surface area contributed by atoms with E-state index in [-0.39, 0.29) is 5.91 Å². The third-order valence-electron chi connectivity index (χ3n) is 2.30. The van der Waals surface area contributed by atoms with Crippen LogP contribution in [0.2, 0.25) is 0 Å². The van der Waals surface area contributed by atoms with Crippen molar-refractivity contribution in [3.63, 3.8) is 0 Å². The molecule has 0 bridgehead atoms. The molecule has 17 heavy (non-hydrogen) atoms. The molecule has 1 amide bonds. The summed E-state index contributed by atoms with van der Waals surface area (Å²) >= 11 is 0. The van der Waals surface area contributed by atoms with Crippen LogP contribution in [-0.2, 0) is 0 Å². The van der Waals surface area contributed by atoms with Crippen LogP contribution in [0.15, 0.2) is 49.1 Å². The number of hydrogen-bond donors (Lipinski definition) is 2. The summed E-state index contributed by atoms with van der Waals surface area (Å²) in [6, 6.07) is 11.4. The lowest BCUT2D eigenvalue weighted by atomic mass is 10.1. The summed E-state index contributed by atoms with van der Waals surface area (Å²) in [7, 11) is 0. The van der Waals surface area contributed by atoms with Crippen molar-refractivity contribution in [3.8, 4) is 11.3 Å². The zero-order valence-electron chi connectivity index (χ0n) is 9.31. The Labute approximate surface area is 99.4 Å². The van der Waals surface area contributed by atoms with E-state index in [2.05, 4.69) is 22.1 Å². The smallest absolute Gasteiger partial charge is 0.269 e. The molecule has 86 valence electrons. The number of hydrogen-bond acceptors (Lipinski definition) is 2. The maximum atomic E-state index is 11.6. The predicted molar refractivity (Wildman–Crippen MR) is 66.6 cm³/mol. The first-order valence-corrected chi connectivity index (χ1v) is 5.31. The minimum atomic E-state index is -0.181. The lowest BCUT2D eigenvalue weighted by molar-refractivity contribution is 0.0953. The molecule has 0 unspecified atom stereocenters. The van der Waals surface area contributed by atoms with Gasteiger partial charge >= 0.3 is 0 Å². The Morgan fingerprint density at radius 2 is 2.18 bits per heavy atom. The predicted octanol–water partition coefficient (Wildman–Crippen LogP) is 1.99. The zero-order valence-corrected chi connectivity index (χ0v) is 9.31. The molecule has 1 heterocycles. The number of nitrogens with one attached hydrogen (secondary N) is 2. The first kappa shape index (κ1) is 11.1. The molecule has 2 rings (SSSR count). The van der Waals surface area contributed by atoms with E-state index in [0.717, 1.165) is 11.3 Å². The van der Waals surface area contributed by atoms with Gasteiger partial charge in [0, 0.05) is 12.1 Å². The van der Waals surface area contributed by atoms with Crippen LogP contribution >= 0.6 is 0 Å². The Morgan fingerprint density at radius 1 is 1.41 bits per heavy atom. The third-order valence-corrected chi connectivity index (χ3v) is 2.30. The second-order valence-electron chi connectivity index (χ2n) is 3.53. The Balaban J connectivity index is 2.16. The molecule has 0 aliphatic rings. The van der Waals surface area contributed by atoms with Gasteiger partial charge in [-0.05, 0) is 6.07 Å². The highest BCUT2D eigenvalue weighted by Crippen LogP contribution is 2.16. The summed E-state index contributed by atoms with van der Waals surface area (Å²) in [4.78, 5) is 11.6. The molecule has 0 atom stereocenters. The monoisotopic (exact) mass is 227 g/mol. The standard InChI is InChI=1S/C13H13N3O/c1-2-8-14-13(17)12-9-11(15-16-12)10-6-4-3-5-7-10/h2-7,9H,1,8H2,(H,14,17)(H,15,16). The molecule has 2 N–H and O–H groups in total. The minimum Gasteiger partial charge on any atom is -0.347 e. The Bertz CT molecular complexity index is 516. The van der Waals surface area contributed by atoms with Crippen LogP contribution in [0.4, 0.5) is 0 Å². The average molecular weight is 227 g/mol. The molecule has 1 aromatic heterocycles. The lowest BCUT2D eigenvalue weighted by Crippen LogP contribution is -2.23. The molecule has 2 aromatic rings. The Hall–Kier alpha value is -2.36. The van der Waals surface area contributed by atoms with Gasteiger partial charge in [0.1, 0.15) is 5.69 Å². The molecule has 0 aliphatic heterocycles. The quantitative estimate of drug-likeness (QED) is 0.785. The molecule has 0 aliphatic carbocycles. The van der Waals surface area contributed by atoms with Gasteiger partial charge in [0.25, 0.3) is 5.91 Å². The summed E-state index contributed by atoms with van der Waals surface area (Å²) in [5.74, 6) is -0.181. The summed E-state index contributed by atoms with van der Waals surface area (Å²) in [6.07, 6.45) is 1.63. The Kier molecular flexibility index (Phi) is 3.35. The van der Waals surface area contributed by atoms with E-state index < -0.39 is 0 Å². The fourth-order valence-corrected chi connectivity index (χ4v) is 1.45. The van der Waals surface area contributed by atoms with Crippen LogP contribution in [0.5, 0.6) is 0 Å². The highest BCUT2D eigenvalue weighted by atomic mass is 16.1. The molecule has 0 radical (unpaired) electrons. The highest BCUT2D eigenvalue weighted by molar-refractivity contribution is 5.93. The van der Waals surface area contributed by atoms with E-state index in [9.17, 15) is 4.79 Å². The molecular weight excluding hydrogens is 214 g/mol. The van der Waals surface area contributed by atoms with Crippen molar-refractivity contribution in [1.82, 2.24) is 15.5 Å². The van der Waals surface area contributed by atoms with Crippen LogP contribution in [0.1, 0.15) is 10.5 Å². The number of carbonyl (C=O) groups is 1. The van der Waals surface area contributed by atoms with Crippen LogP contribution in [0.25, 0.3) is 11.3 Å². The van der Waals surface area contributed by atoms with E-state index in [1.165, 1.54) is 0 Å². The number of nitrogens with zero attached hydrogens (tertiary/aromatic N) is 1. The molecule has 4 heteroatoms. The van der Waals surface area contributed by atoms with Gasteiger partial charge in [-0.25, -0.2) is 0 Å². The van der Waals surface area contributed by atoms with Gasteiger partial charge in [-0.15, -0.1) is 6.58 Å². The number of rotatable bonds is 4. The van der Waals surface area contributed by atoms with Gasteiger partial charge < -0.3 is 5.32 Å². The van der Waals surface area contributed by atoms with Crippen LogP contribution in [0, 0.1) is 0 Å². The highest BCUT2D eigenvalue weighted by Gasteiger charge is 2.09. The lowest BCUT2D eigenvalue weighted by Gasteiger charge is -1.97. The van der Waals surface area contributed by atoms with Gasteiger partial charge in [0.2, 0.25) is 0 Å². The SMILES string of the molecule is C=CCNC(=O)c1cc(-c2ccccc2)n[nH]1. The van der Waals surface area contributed by atoms with E-state index in [1.807, 2.05) is 30.3 Å². The summed E-state index contributed by atoms with van der Waals surface area (Å²) in [6.45, 7) is 3.98. The number of benzene rings is 1. The topological polar surface area (TPSA) is 57.8 Å². The molecule has 0 fully saturated rings. The van der Waals surface area contributed by atoms with Gasteiger partial charge in [-0.2, -0.15) is 5.10 Å². The van der Waals surface area contributed by atoms with Crippen molar-refractivity contribution < 1.29 is 4.79 Å². The molecule has 0 saturated heterocycles. The number of aromatic amines is 1. The molecular formula is C13H13N3O. The number of H-pyrrole nitrogens is 1. The van der Waals surface area contributed by atoms with Crippen molar-refractivity contribution in [2.75, 3.05) is 6.54 Å². The maximum absolute atomic E-state index is 11.6. The summed E-state index contributed by atoms with van der Waals surface area (Å²) in [5.41, 5.74) is 2.19. The fraction of sp³-hybridized carbons (Fsp3) is 0.0769. The molecule has 0 spiro atoms. The third kappa shape index (κ3) is 2.60. The maximum Gasteiger partial charge on any atom is 0.269 e. The Morgan fingerprint density at radius 3 is 2.88 bits per heavy atom. The van der Waals surface area contributed by atoms with E-state index in [4.69, 9.17) is 0 Å².